The molecule has 1 aromatic rings. The van der Waals surface area contributed by atoms with Gasteiger partial charge in [-0.25, -0.2) is 0 Å². The fourth-order valence-corrected chi connectivity index (χ4v) is 2.94. The number of thiocarbonyl (C=S) groups is 1. The molecule has 1 aliphatic rings. The van der Waals surface area contributed by atoms with Gasteiger partial charge in [-0.2, -0.15) is 0 Å². The summed E-state index contributed by atoms with van der Waals surface area (Å²) in [4.78, 5) is 2.86. The molecule has 0 aliphatic carbocycles. The van der Waals surface area contributed by atoms with Gasteiger partial charge in [0.05, 0.1) is 0 Å². The third-order valence-electron chi connectivity index (χ3n) is 2.94. The Hall–Kier alpha value is -0.610. The van der Waals surface area contributed by atoms with Crippen LogP contribution >= 0.6 is 28.1 Å². The summed E-state index contributed by atoms with van der Waals surface area (Å²) >= 11 is 8.50. The predicted octanol–water partition coefficient (Wildman–Crippen LogP) is 3.07. The first-order valence-electron chi connectivity index (χ1n) is 5.53. The summed E-state index contributed by atoms with van der Waals surface area (Å²) in [5.41, 5.74) is 7.80. The lowest BCUT2D eigenvalue weighted by atomic mass is 10.1. The van der Waals surface area contributed by atoms with Crippen molar-refractivity contribution >= 4 is 38.8 Å². The van der Waals surface area contributed by atoms with Crippen LogP contribution in [0, 0.1) is 0 Å². The van der Waals surface area contributed by atoms with Gasteiger partial charge in [-0.1, -0.05) is 12.2 Å². The van der Waals surface area contributed by atoms with Gasteiger partial charge in [-0.3, -0.25) is 0 Å². The summed E-state index contributed by atoms with van der Waals surface area (Å²) in [5, 5.41) is 0. The van der Waals surface area contributed by atoms with Gasteiger partial charge in [0.25, 0.3) is 0 Å². The lowest BCUT2D eigenvalue weighted by molar-refractivity contribution is 0.578. The van der Waals surface area contributed by atoms with Gasteiger partial charge < -0.3 is 10.6 Å². The maximum Gasteiger partial charge on any atom is 0.105 e. The van der Waals surface area contributed by atoms with Gasteiger partial charge in [0.2, 0.25) is 0 Å². The van der Waals surface area contributed by atoms with Crippen LogP contribution in [0.2, 0.25) is 0 Å². The van der Waals surface area contributed by atoms with E-state index in [1.54, 1.807) is 0 Å². The minimum atomic E-state index is 0.442. The van der Waals surface area contributed by atoms with Crippen molar-refractivity contribution in [2.24, 2.45) is 5.73 Å². The molecule has 2 rings (SSSR count). The molecular weight excluding hydrogens is 284 g/mol. The van der Waals surface area contributed by atoms with E-state index < -0.39 is 0 Å². The standard InChI is InChI=1S/C12H15BrN2S/c13-11-8-9(4-5-10(11)12(14)16)15-6-2-1-3-7-15/h4-5,8H,1-3,6-7H2,(H2,14,16). The van der Waals surface area contributed by atoms with Crippen molar-refractivity contribution < 1.29 is 0 Å². The van der Waals surface area contributed by atoms with Gasteiger partial charge in [-0.15, -0.1) is 0 Å². The number of hydrogen-bond acceptors (Lipinski definition) is 2. The molecule has 0 atom stereocenters. The van der Waals surface area contributed by atoms with Crippen LogP contribution in [0.15, 0.2) is 22.7 Å². The predicted molar refractivity (Wildman–Crippen MR) is 76.1 cm³/mol. The Kier molecular flexibility index (Phi) is 3.82. The topological polar surface area (TPSA) is 29.3 Å². The molecule has 0 saturated carbocycles. The number of rotatable bonds is 2. The first kappa shape index (κ1) is 11.9. The second kappa shape index (κ2) is 5.15. The van der Waals surface area contributed by atoms with Crippen molar-refractivity contribution in [2.75, 3.05) is 18.0 Å². The summed E-state index contributed by atoms with van der Waals surface area (Å²) in [6.45, 7) is 2.30. The van der Waals surface area contributed by atoms with E-state index in [9.17, 15) is 0 Å². The molecule has 0 aromatic heterocycles. The van der Waals surface area contributed by atoms with E-state index in [1.165, 1.54) is 24.9 Å². The number of benzene rings is 1. The third-order valence-corrected chi connectivity index (χ3v) is 3.82. The molecule has 1 fully saturated rings. The Morgan fingerprint density at radius 3 is 2.50 bits per heavy atom. The number of piperidine rings is 1. The van der Waals surface area contributed by atoms with E-state index in [-0.39, 0.29) is 0 Å². The largest absolute Gasteiger partial charge is 0.389 e. The van der Waals surface area contributed by atoms with Crippen LogP contribution in [0.25, 0.3) is 0 Å². The highest BCUT2D eigenvalue weighted by Gasteiger charge is 2.12. The zero-order valence-electron chi connectivity index (χ0n) is 9.08. The maximum atomic E-state index is 5.63. The van der Waals surface area contributed by atoms with Crippen molar-refractivity contribution in [2.45, 2.75) is 19.3 Å². The van der Waals surface area contributed by atoms with Crippen LogP contribution < -0.4 is 10.6 Å². The highest BCUT2D eigenvalue weighted by molar-refractivity contribution is 9.10. The molecule has 16 heavy (non-hydrogen) atoms. The van der Waals surface area contributed by atoms with Gasteiger partial charge in [0, 0.05) is 28.8 Å². The second-order valence-corrected chi connectivity index (χ2v) is 5.37. The van der Waals surface area contributed by atoms with Crippen molar-refractivity contribution in [1.82, 2.24) is 0 Å². The second-order valence-electron chi connectivity index (χ2n) is 4.08. The van der Waals surface area contributed by atoms with Crippen molar-refractivity contribution in [3.05, 3.63) is 28.2 Å². The molecule has 0 radical (unpaired) electrons. The van der Waals surface area contributed by atoms with Crippen LogP contribution in [0.4, 0.5) is 5.69 Å². The fourth-order valence-electron chi connectivity index (χ4n) is 2.05. The summed E-state index contributed by atoms with van der Waals surface area (Å²) in [7, 11) is 0. The molecule has 1 saturated heterocycles. The van der Waals surface area contributed by atoms with Crippen LogP contribution in [0.3, 0.4) is 0 Å². The molecular formula is C12H15BrN2S. The molecule has 1 aromatic carbocycles. The van der Waals surface area contributed by atoms with Crippen LogP contribution in [-0.2, 0) is 0 Å². The zero-order chi connectivity index (χ0) is 11.5. The number of nitrogens with zero attached hydrogens (tertiary/aromatic N) is 1. The lowest BCUT2D eigenvalue weighted by Gasteiger charge is -2.29. The Bertz CT molecular complexity index is 400. The Morgan fingerprint density at radius 2 is 1.94 bits per heavy atom. The molecule has 0 spiro atoms. The SMILES string of the molecule is NC(=S)c1ccc(N2CCCCC2)cc1Br. The van der Waals surface area contributed by atoms with E-state index in [2.05, 4.69) is 33.0 Å². The minimum Gasteiger partial charge on any atom is -0.389 e. The van der Waals surface area contributed by atoms with Crippen LogP contribution in [-0.4, -0.2) is 18.1 Å². The minimum absolute atomic E-state index is 0.442. The molecule has 1 aliphatic heterocycles. The number of anilines is 1. The maximum absolute atomic E-state index is 5.63. The van der Waals surface area contributed by atoms with E-state index >= 15 is 0 Å². The van der Waals surface area contributed by atoms with Gasteiger partial charge in [0.15, 0.2) is 0 Å². The number of halogens is 1. The van der Waals surface area contributed by atoms with Gasteiger partial charge >= 0.3 is 0 Å². The Morgan fingerprint density at radius 1 is 1.25 bits per heavy atom. The smallest absolute Gasteiger partial charge is 0.105 e. The van der Waals surface area contributed by atoms with E-state index in [1.807, 2.05) is 6.07 Å². The molecule has 0 unspecified atom stereocenters. The molecule has 4 heteroatoms. The zero-order valence-corrected chi connectivity index (χ0v) is 11.5. The normalized spacial score (nSPS) is 16.2. The Balaban J connectivity index is 2.23. The van der Waals surface area contributed by atoms with Crippen LogP contribution in [0.5, 0.6) is 0 Å². The summed E-state index contributed by atoms with van der Waals surface area (Å²) in [6, 6.07) is 6.21. The molecule has 0 amide bonds. The molecule has 86 valence electrons. The van der Waals surface area contributed by atoms with Crippen molar-refractivity contribution in [3.8, 4) is 0 Å². The molecule has 0 bridgehead atoms. The Labute approximate surface area is 110 Å². The van der Waals surface area contributed by atoms with E-state index in [0.29, 0.717) is 4.99 Å². The monoisotopic (exact) mass is 298 g/mol. The molecule has 2 nitrogen and oxygen atoms in total. The average molecular weight is 299 g/mol. The first-order valence-corrected chi connectivity index (χ1v) is 6.73. The van der Waals surface area contributed by atoms with Gasteiger partial charge in [0.1, 0.15) is 4.99 Å². The van der Waals surface area contributed by atoms with Crippen LogP contribution in [0.1, 0.15) is 24.8 Å². The van der Waals surface area contributed by atoms with Crippen molar-refractivity contribution in [1.29, 1.82) is 0 Å². The quantitative estimate of drug-likeness (QED) is 0.851. The summed E-state index contributed by atoms with van der Waals surface area (Å²) in [5.74, 6) is 0. The van der Waals surface area contributed by atoms with E-state index in [0.717, 1.165) is 23.1 Å². The highest BCUT2D eigenvalue weighted by Crippen LogP contribution is 2.26. The highest BCUT2D eigenvalue weighted by atomic mass is 79.9. The van der Waals surface area contributed by atoms with E-state index in [4.69, 9.17) is 18.0 Å². The summed E-state index contributed by atoms with van der Waals surface area (Å²) < 4.78 is 0.989. The lowest BCUT2D eigenvalue weighted by Crippen LogP contribution is -2.29. The number of nitrogens with two attached hydrogens (primary N) is 1. The molecule has 1 heterocycles. The summed E-state index contributed by atoms with van der Waals surface area (Å²) in [6.07, 6.45) is 3.92. The third kappa shape index (κ3) is 2.55. The number of hydrogen-bond donors (Lipinski definition) is 1. The fraction of sp³-hybridized carbons (Fsp3) is 0.417. The van der Waals surface area contributed by atoms with Crippen molar-refractivity contribution in [3.63, 3.8) is 0 Å². The first-order chi connectivity index (χ1) is 7.68. The molecule has 2 N–H and O–H groups in total. The van der Waals surface area contributed by atoms with Gasteiger partial charge in [-0.05, 0) is 53.4 Å². The average Bonchev–Trinajstić information content (AvgIpc) is 2.29.